The van der Waals surface area contributed by atoms with Gasteiger partial charge in [0.25, 0.3) is 0 Å². The smallest absolute Gasteiger partial charge is 0.126 e. The van der Waals surface area contributed by atoms with Crippen LogP contribution in [0.5, 0.6) is 0 Å². The lowest BCUT2D eigenvalue weighted by molar-refractivity contribution is 0.910. The standard InChI is InChI=1S/C9H12N4S2/c1-14-12-5-3-10-8(12)7-9-11-4-6-13(9)15-2/h3-6H,7H2,1-2H3. The van der Waals surface area contributed by atoms with Crippen molar-refractivity contribution in [2.24, 2.45) is 0 Å². The third kappa shape index (κ3) is 2.21. The van der Waals surface area contributed by atoms with Crippen LogP contribution in [0.1, 0.15) is 11.6 Å². The van der Waals surface area contributed by atoms with E-state index in [0.717, 1.165) is 18.1 Å². The average Bonchev–Trinajstić information content (AvgIpc) is 2.87. The summed E-state index contributed by atoms with van der Waals surface area (Å²) in [5, 5.41) is 0. The van der Waals surface area contributed by atoms with Crippen molar-refractivity contribution in [2.45, 2.75) is 6.42 Å². The Morgan fingerprint density at radius 3 is 1.87 bits per heavy atom. The van der Waals surface area contributed by atoms with Gasteiger partial charge in [0.2, 0.25) is 0 Å². The summed E-state index contributed by atoms with van der Waals surface area (Å²) in [4.78, 5) is 8.63. The molecule has 0 aromatic carbocycles. The Hall–Kier alpha value is -0.880. The highest BCUT2D eigenvalue weighted by molar-refractivity contribution is 7.97. The van der Waals surface area contributed by atoms with Crippen LogP contribution >= 0.6 is 23.9 Å². The van der Waals surface area contributed by atoms with Crippen molar-refractivity contribution < 1.29 is 0 Å². The molecule has 0 atom stereocenters. The first-order valence-corrected chi connectivity index (χ1v) is 6.85. The maximum Gasteiger partial charge on any atom is 0.126 e. The molecule has 0 unspecified atom stereocenters. The normalized spacial score (nSPS) is 10.8. The number of hydrogen-bond acceptors (Lipinski definition) is 4. The predicted molar refractivity (Wildman–Crippen MR) is 65.1 cm³/mol. The van der Waals surface area contributed by atoms with Crippen molar-refractivity contribution in [1.82, 2.24) is 17.9 Å². The first-order valence-electron chi connectivity index (χ1n) is 4.48. The fraction of sp³-hybridized carbons (Fsp3) is 0.333. The Bertz CT molecular complexity index is 395. The molecule has 0 fully saturated rings. The summed E-state index contributed by atoms with van der Waals surface area (Å²) in [6.45, 7) is 0. The summed E-state index contributed by atoms with van der Waals surface area (Å²) < 4.78 is 4.11. The summed E-state index contributed by atoms with van der Waals surface area (Å²) in [6.07, 6.45) is 12.4. The quantitative estimate of drug-likeness (QED) is 0.818. The molecule has 0 saturated carbocycles. The second-order valence-corrected chi connectivity index (χ2v) is 4.40. The van der Waals surface area contributed by atoms with Crippen LogP contribution in [0.15, 0.2) is 24.8 Å². The average molecular weight is 240 g/mol. The third-order valence-corrected chi connectivity index (χ3v) is 3.52. The Morgan fingerprint density at radius 2 is 1.47 bits per heavy atom. The van der Waals surface area contributed by atoms with Crippen LogP contribution in [-0.4, -0.2) is 30.4 Å². The van der Waals surface area contributed by atoms with Crippen LogP contribution in [0.3, 0.4) is 0 Å². The number of aromatic nitrogens is 4. The molecule has 0 radical (unpaired) electrons. The van der Waals surface area contributed by atoms with Crippen molar-refractivity contribution >= 4 is 23.9 Å². The van der Waals surface area contributed by atoms with E-state index in [1.807, 2.05) is 37.3 Å². The molecule has 0 saturated heterocycles. The van der Waals surface area contributed by atoms with E-state index in [1.165, 1.54) is 0 Å². The minimum absolute atomic E-state index is 0.766. The molecule has 0 aliphatic rings. The number of nitrogens with zero attached hydrogens (tertiary/aromatic N) is 4. The van der Waals surface area contributed by atoms with Crippen molar-refractivity contribution in [2.75, 3.05) is 12.5 Å². The van der Waals surface area contributed by atoms with Crippen LogP contribution in [0.25, 0.3) is 0 Å². The van der Waals surface area contributed by atoms with E-state index >= 15 is 0 Å². The van der Waals surface area contributed by atoms with Crippen LogP contribution < -0.4 is 0 Å². The molecule has 4 nitrogen and oxygen atoms in total. The molecule has 2 rings (SSSR count). The Balaban J connectivity index is 2.21. The van der Waals surface area contributed by atoms with E-state index in [9.17, 15) is 0 Å². The predicted octanol–water partition coefficient (Wildman–Crippen LogP) is 1.92. The molecule has 2 aromatic rings. The van der Waals surface area contributed by atoms with Crippen LogP contribution in [0.4, 0.5) is 0 Å². The van der Waals surface area contributed by atoms with Crippen LogP contribution in [-0.2, 0) is 6.42 Å². The van der Waals surface area contributed by atoms with Crippen molar-refractivity contribution in [3.63, 3.8) is 0 Å². The molecule has 0 amide bonds. The molecule has 2 heterocycles. The lowest BCUT2D eigenvalue weighted by Crippen LogP contribution is -2.02. The zero-order valence-corrected chi connectivity index (χ0v) is 10.3. The van der Waals surface area contributed by atoms with Crippen molar-refractivity contribution in [3.05, 3.63) is 36.4 Å². The number of rotatable bonds is 4. The minimum atomic E-state index is 0.766. The summed E-state index contributed by atoms with van der Waals surface area (Å²) in [5.74, 6) is 2.06. The van der Waals surface area contributed by atoms with Crippen molar-refractivity contribution in [1.29, 1.82) is 0 Å². The summed E-state index contributed by atoms with van der Waals surface area (Å²) in [7, 11) is 0. The summed E-state index contributed by atoms with van der Waals surface area (Å²) >= 11 is 3.30. The van der Waals surface area contributed by atoms with Gasteiger partial charge in [0.15, 0.2) is 0 Å². The molecular formula is C9H12N4S2. The molecule has 0 bridgehead atoms. The monoisotopic (exact) mass is 240 g/mol. The van der Waals surface area contributed by atoms with E-state index in [0.29, 0.717) is 0 Å². The molecule has 0 aliphatic carbocycles. The lowest BCUT2D eigenvalue weighted by atomic mass is 10.4. The van der Waals surface area contributed by atoms with E-state index in [2.05, 4.69) is 17.9 Å². The van der Waals surface area contributed by atoms with E-state index in [4.69, 9.17) is 0 Å². The van der Waals surface area contributed by atoms with Gasteiger partial charge >= 0.3 is 0 Å². The van der Waals surface area contributed by atoms with E-state index in [-0.39, 0.29) is 0 Å². The Labute approximate surface area is 97.4 Å². The molecule has 6 heteroatoms. The minimum Gasteiger partial charge on any atom is -0.277 e. The molecule has 0 aliphatic heterocycles. The van der Waals surface area contributed by atoms with E-state index in [1.54, 1.807) is 23.9 Å². The zero-order chi connectivity index (χ0) is 10.7. The zero-order valence-electron chi connectivity index (χ0n) is 8.62. The number of imidazole rings is 2. The summed E-state index contributed by atoms with van der Waals surface area (Å²) in [5.41, 5.74) is 0. The second kappa shape index (κ2) is 4.76. The van der Waals surface area contributed by atoms with Crippen LogP contribution in [0, 0.1) is 0 Å². The van der Waals surface area contributed by atoms with Crippen LogP contribution in [0.2, 0.25) is 0 Å². The maximum atomic E-state index is 4.32. The topological polar surface area (TPSA) is 35.6 Å². The molecule has 80 valence electrons. The van der Waals surface area contributed by atoms with Gasteiger partial charge in [-0.3, -0.25) is 7.94 Å². The lowest BCUT2D eigenvalue weighted by Gasteiger charge is -2.04. The fourth-order valence-corrected chi connectivity index (χ4v) is 2.36. The van der Waals surface area contributed by atoms with Gasteiger partial charge in [-0.05, 0) is 23.9 Å². The van der Waals surface area contributed by atoms with Crippen molar-refractivity contribution in [3.8, 4) is 0 Å². The van der Waals surface area contributed by atoms with Gasteiger partial charge in [-0.1, -0.05) is 0 Å². The van der Waals surface area contributed by atoms with E-state index < -0.39 is 0 Å². The molecule has 2 aromatic heterocycles. The maximum absolute atomic E-state index is 4.32. The molecule has 15 heavy (non-hydrogen) atoms. The van der Waals surface area contributed by atoms with Gasteiger partial charge in [0.05, 0.1) is 6.42 Å². The van der Waals surface area contributed by atoms with Gasteiger partial charge in [-0.15, -0.1) is 0 Å². The highest BCUT2D eigenvalue weighted by Crippen LogP contribution is 2.13. The number of hydrogen-bond donors (Lipinski definition) is 0. The third-order valence-electron chi connectivity index (χ3n) is 2.07. The fourth-order valence-electron chi connectivity index (χ4n) is 1.37. The Morgan fingerprint density at radius 1 is 1.00 bits per heavy atom. The van der Waals surface area contributed by atoms with Gasteiger partial charge in [0.1, 0.15) is 11.6 Å². The van der Waals surface area contributed by atoms with Gasteiger partial charge in [-0.2, -0.15) is 0 Å². The van der Waals surface area contributed by atoms with Gasteiger partial charge in [0, 0.05) is 37.3 Å². The largest absolute Gasteiger partial charge is 0.277 e. The first-order chi connectivity index (χ1) is 7.35. The van der Waals surface area contributed by atoms with Gasteiger partial charge in [-0.25, -0.2) is 9.97 Å². The molecule has 0 spiro atoms. The molecule has 0 N–H and O–H groups in total. The molecular weight excluding hydrogens is 228 g/mol. The Kier molecular flexibility index (Phi) is 3.37. The highest BCUT2D eigenvalue weighted by atomic mass is 32.2. The summed E-state index contributed by atoms with van der Waals surface area (Å²) in [6, 6.07) is 0. The highest BCUT2D eigenvalue weighted by Gasteiger charge is 2.07. The first kappa shape index (κ1) is 10.6. The second-order valence-electron chi connectivity index (χ2n) is 2.88. The SMILES string of the molecule is CSn1ccnc1Cc1nccn1SC. The van der Waals surface area contributed by atoms with Gasteiger partial charge < -0.3 is 0 Å².